The fraction of sp³-hybridized carbons (Fsp3) is 0.600. The van der Waals surface area contributed by atoms with Crippen molar-refractivity contribution in [3.8, 4) is 11.5 Å². The standard InChI is InChI=1S/C20H30Br2N2O6/c1-19(2,3)29-17(25)23-7-9-27-15-11-14(22)16(12-13(15)21)28-10-8-24-18(26)30-20(4,5)6/h11-12H,7-10H2,1-6H3,(H,23,25)(H,24,26). The Balaban J connectivity index is 2.42. The number of carbonyl (C=O) groups excluding carboxylic acids is 2. The maximum absolute atomic E-state index is 11.6. The Kier molecular flexibility index (Phi) is 10.2. The van der Waals surface area contributed by atoms with E-state index in [4.69, 9.17) is 18.9 Å². The minimum absolute atomic E-state index is 0.268. The number of hydrogen-bond acceptors (Lipinski definition) is 6. The van der Waals surface area contributed by atoms with Crippen LogP contribution in [0.3, 0.4) is 0 Å². The number of benzene rings is 1. The number of nitrogens with one attached hydrogen (secondary N) is 2. The molecule has 0 saturated carbocycles. The molecule has 0 heterocycles. The molecule has 0 saturated heterocycles. The molecule has 30 heavy (non-hydrogen) atoms. The van der Waals surface area contributed by atoms with Gasteiger partial charge in [0.1, 0.15) is 35.9 Å². The zero-order valence-corrected chi connectivity index (χ0v) is 21.4. The number of ether oxygens (including phenoxy) is 4. The summed E-state index contributed by atoms with van der Waals surface area (Å²) in [7, 11) is 0. The minimum Gasteiger partial charge on any atom is -0.491 e. The summed E-state index contributed by atoms with van der Waals surface area (Å²) in [5.41, 5.74) is -1.09. The number of carbonyl (C=O) groups is 2. The first-order chi connectivity index (χ1) is 13.8. The van der Waals surface area contributed by atoms with Crippen molar-refractivity contribution >= 4 is 44.0 Å². The summed E-state index contributed by atoms with van der Waals surface area (Å²) in [5, 5.41) is 5.26. The topological polar surface area (TPSA) is 95.1 Å². The van der Waals surface area contributed by atoms with Gasteiger partial charge in [-0.1, -0.05) is 0 Å². The van der Waals surface area contributed by atoms with Crippen LogP contribution in [0.15, 0.2) is 21.1 Å². The van der Waals surface area contributed by atoms with E-state index in [1.807, 2.05) is 0 Å². The van der Waals surface area contributed by atoms with Gasteiger partial charge in [0.25, 0.3) is 0 Å². The second-order valence-electron chi connectivity index (χ2n) is 8.27. The van der Waals surface area contributed by atoms with Gasteiger partial charge >= 0.3 is 12.2 Å². The van der Waals surface area contributed by atoms with Gasteiger partial charge in [0.2, 0.25) is 0 Å². The highest BCUT2D eigenvalue weighted by Crippen LogP contribution is 2.36. The van der Waals surface area contributed by atoms with Gasteiger partial charge < -0.3 is 29.6 Å². The smallest absolute Gasteiger partial charge is 0.407 e. The second kappa shape index (κ2) is 11.6. The molecule has 8 nitrogen and oxygen atoms in total. The van der Waals surface area contributed by atoms with E-state index < -0.39 is 23.4 Å². The third-order valence-corrected chi connectivity index (χ3v) is 4.28. The predicted octanol–water partition coefficient (Wildman–Crippen LogP) is 5.02. The molecule has 1 rings (SSSR count). The zero-order chi connectivity index (χ0) is 22.9. The summed E-state index contributed by atoms with van der Waals surface area (Å²) in [6.07, 6.45) is -0.981. The summed E-state index contributed by atoms with van der Waals surface area (Å²) in [6, 6.07) is 3.52. The van der Waals surface area contributed by atoms with Crippen LogP contribution in [0.1, 0.15) is 41.5 Å². The Morgan fingerprint density at radius 3 is 1.40 bits per heavy atom. The van der Waals surface area contributed by atoms with Gasteiger partial charge in [-0.3, -0.25) is 0 Å². The maximum atomic E-state index is 11.6. The molecule has 170 valence electrons. The third kappa shape index (κ3) is 11.5. The predicted molar refractivity (Wildman–Crippen MR) is 121 cm³/mol. The highest BCUT2D eigenvalue weighted by molar-refractivity contribution is 9.11. The van der Waals surface area contributed by atoms with Gasteiger partial charge in [0, 0.05) is 0 Å². The van der Waals surface area contributed by atoms with Gasteiger partial charge in [-0.25, -0.2) is 9.59 Å². The highest BCUT2D eigenvalue weighted by Gasteiger charge is 2.17. The molecule has 2 N–H and O–H groups in total. The molecule has 0 aliphatic heterocycles. The van der Waals surface area contributed by atoms with Crippen LogP contribution in [0.2, 0.25) is 0 Å². The molecule has 0 spiro atoms. The van der Waals surface area contributed by atoms with Crippen LogP contribution in [-0.2, 0) is 9.47 Å². The van der Waals surface area contributed by atoms with E-state index in [2.05, 4.69) is 42.5 Å². The SMILES string of the molecule is CC(C)(C)OC(=O)NCCOc1cc(Br)c(OCCNC(=O)OC(C)(C)C)cc1Br. The first-order valence-electron chi connectivity index (χ1n) is 9.45. The van der Waals surface area contributed by atoms with E-state index in [0.29, 0.717) is 33.5 Å². The Hall–Kier alpha value is -1.68. The van der Waals surface area contributed by atoms with Gasteiger partial charge in [-0.2, -0.15) is 0 Å². The van der Waals surface area contributed by atoms with Crippen LogP contribution >= 0.6 is 31.9 Å². The van der Waals surface area contributed by atoms with Crippen molar-refractivity contribution in [2.24, 2.45) is 0 Å². The van der Waals surface area contributed by atoms with Crippen LogP contribution in [0.5, 0.6) is 11.5 Å². The Morgan fingerprint density at radius 1 is 0.767 bits per heavy atom. The molecule has 0 atom stereocenters. The molecule has 1 aromatic carbocycles. The summed E-state index contributed by atoms with van der Waals surface area (Å²) in [6.45, 7) is 11.9. The van der Waals surface area contributed by atoms with Crippen molar-refractivity contribution < 1.29 is 28.5 Å². The molecule has 0 aliphatic rings. The van der Waals surface area contributed by atoms with E-state index in [9.17, 15) is 9.59 Å². The van der Waals surface area contributed by atoms with Crippen LogP contribution in [0.25, 0.3) is 0 Å². The summed E-state index contributed by atoms with van der Waals surface area (Å²) < 4.78 is 23.1. The first-order valence-corrected chi connectivity index (χ1v) is 11.0. The molecule has 1 aromatic rings. The van der Waals surface area contributed by atoms with E-state index in [0.717, 1.165) is 0 Å². The van der Waals surface area contributed by atoms with Crippen molar-refractivity contribution in [2.45, 2.75) is 52.7 Å². The number of alkyl carbamates (subject to hydrolysis) is 2. The summed E-state index contributed by atoms with van der Waals surface area (Å²) in [5.74, 6) is 1.18. The van der Waals surface area contributed by atoms with Crippen molar-refractivity contribution in [3.05, 3.63) is 21.1 Å². The maximum Gasteiger partial charge on any atom is 0.407 e. The van der Waals surface area contributed by atoms with Gasteiger partial charge in [-0.15, -0.1) is 0 Å². The molecule has 0 aromatic heterocycles. The van der Waals surface area contributed by atoms with E-state index in [1.165, 1.54) is 0 Å². The molecule has 2 amide bonds. The fourth-order valence-electron chi connectivity index (χ4n) is 1.99. The van der Waals surface area contributed by atoms with Crippen LogP contribution in [-0.4, -0.2) is 49.7 Å². The lowest BCUT2D eigenvalue weighted by molar-refractivity contribution is 0.0509. The number of rotatable bonds is 8. The van der Waals surface area contributed by atoms with E-state index in [1.54, 1.807) is 53.7 Å². The Labute approximate surface area is 194 Å². The average molecular weight is 554 g/mol. The van der Waals surface area contributed by atoms with Crippen molar-refractivity contribution in [1.29, 1.82) is 0 Å². The minimum atomic E-state index is -0.545. The van der Waals surface area contributed by atoms with Crippen LogP contribution < -0.4 is 20.1 Å². The molecule has 0 bridgehead atoms. The van der Waals surface area contributed by atoms with Crippen molar-refractivity contribution in [3.63, 3.8) is 0 Å². The van der Waals surface area contributed by atoms with Gasteiger partial charge in [-0.05, 0) is 85.5 Å². The highest BCUT2D eigenvalue weighted by atomic mass is 79.9. The lowest BCUT2D eigenvalue weighted by atomic mass is 10.2. The normalized spacial score (nSPS) is 11.5. The Bertz CT molecular complexity index is 667. The second-order valence-corrected chi connectivity index (χ2v) is 9.98. The number of halogens is 2. The lowest BCUT2D eigenvalue weighted by Gasteiger charge is -2.20. The Morgan fingerprint density at radius 2 is 1.10 bits per heavy atom. The monoisotopic (exact) mass is 552 g/mol. The summed E-state index contributed by atoms with van der Waals surface area (Å²) in [4.78, 5) is 23.2. The lowest BCUT2D eigenvalue weighted by Crippen LogP contribution is -2.34. The molecule has 0 aliphatic carbocycles. The quantitative estimate of drug-likeness (QED) is 0.439. The fourth-order valence-corrected chi connectivity index (χ4v) is 2.86. The molecular formula is C20H30Br2N2O6. The molecule has 0 radical (unpaired) electrons. The van der Waals surface area contributed by atoms with E-state index in [-0.39, 0.29) is 13.2 Å². The first kappa shape index (κ1) is 26.4. The molecular weight excluding hydrogens is 524 g/mol. The molecule has 0 unspecified atom stereocenters. The van der Waals surface area contributed by atoms with Crippen LogP contribution in [0.4, 0.5) is 9.59 Å². The van der Waals surface area contributed by atoms with Gasteiger partial charge in [0.05, 0.1) is 22.0 Å². The van der Waals surface area contributed by atoms with E-state index >= 15 is 0 Å². The summed E-state index contributed by atoms with van der Waals surface area (Å²) >= 11 is 6.88. The average Bonchev–Trinajstić information content (AvgIpc) is 2.55. The zero-order valence-electron chi connectivity index (χ0n) is 18.2. The van der Waals surface area contributed by atoms with Crippen molar-refractivity contribution in [1.82, 2.24) is 10.6 Å². The molecule has 10 heteroatoms. The van der Waals surface area contributed by atoms with Crippen LogP contribution in [0, 0.1) is 0 Å². The number of hydrogen-bond donors (Lipinski definition) is 2. The number of amides is 2. The molecule has 0 fully saturated rings. The largest absolute Gasteiger partial charge is 0.491 e. The van der Waals surface area contributed by atoms with Gasteiger partial charge in [0.15, 0.2) is 0 Å². The van der Waals surface area contributed by atoms with Crippen molar-refractivity contribution in [2.75, 3.05) is 26.3 Å². The third-order valence-electron chi connectivity index (χ3n) is 3.04.